The molecule has 2 aromatic rings. The van der Waals surface area contributed by atoms with Crippen LogP contribution in [0.1, 0.15) is 38.3 Å². The highest BCUT2D eigenvalue weighted by Gasteiger charge is 2.62. The maximum Gasteiger partial charge on any atom is 0.509 e. The Labute approximate surface area is 216 Å². The van der Waals surface area contributed by atoms with E-state index in [9.17, 15) is 14.4 Å². The number of carbonyl (C=O) groups excluding carboxylic acids is 3. The summed E-state index contributed by atoms with van der Waals surface area (Å²) >= 11 is 0. The maximum absolute atomic E-state index is 13.3. The Hall–Kier alpha value is -4.01. The number of carbonyl (C=O) groups is 3. The highest BCUT2D eigenvalue weighted by Crippen LogP contribution is 2.43. The van der Waals surface area contributed by atoms with Crippen LogP contribution in [0.5, 0.6) is 0 Å². The lowest BCUT2D eigenvalue weighted by Gasteiger charge is -2.32. The lowest BCUT2D eigenvalue weighted by atomic mass is 9.77. The summed E-state index contributed by atoms with van der Waals surface area (Å²) < 4.78 is 21.2. The van der Waals surface area contributed by atoms with Gasteiger partial charge in [0.1, 0.15) is 5.60 Å². The fraction of sp³-hybridized carbons (Fsp3) is 0.393. The minimum Gasteiger partial charge on any atom is -0.467 e. The molecule has 0 bridgehead atoms. The first kappa shape index (κ1) is 27.6. The molecule has 9 nitrogen and oxygen atoms in total. The maximum atomic E-state index is 13.3. The van der Waals surface area contributed by atoms with E-state index in [4.69, 9.17) is 18.9 Å². The second-order valence-electron chi connectivity index (χ2n) is 9.75. The number of azo groups is 1. The van der Waals surface area contributed by atoms with Crippen molar-refractivity contribution in [3.05, 3.63) is 77.9 Å². The van der Waals surface area contributed by atoms with Crippen LogP contribution in [0.2, 0.25) is 0 Å². The van der Waals surface area contributed by atoms with Crippen LogP contribution in [0.3, 0.4) is 0 Å². The summed E-state index contributed by atoms with van der Waals surface area (Å²) in [6.07, 6.45) is 0.759. The fourth-order valence-corrected chi connectivity index (χ4v) is 4.11. The molecule has 196 valence electrons. The van der Waals surface area contributed by atoms with Crippen LogP contribution in [0, 0.1) is 0 Å². The lowest BCUT2D eigenvalue weighted by Crippen LogP contribution is -2.53. The zero-order valence-electron chi connectivity index (χ0n) is 21.7. The first-order valence-corrected chi connectivity index (χ1v) is 11.8. The quantitative estimate of drug-likeness (QED) is 0.366. The molecule has 1 heterocycles. The number of esters is 2. The van der Waals surface area contributed by atoms with E-state index in [1.54, 1.807) is 26.8 Å². The molecule has 0 aromatic heterocycles. The number of benzene rings is 2. The largest absolute Gasteiger partial charge is 0.509 e. The van der Waals surface area contributed by atoms with Crippen LogP contribution in [0.15, 0.2) is 77.0 Å². The normalized spacial score (nSPS) is 21.9. The van der Waals surface area contributed by atoms with Gasteiger partial charge in [-0.15, -0.1) is 0 Å². The van der Waals surface area contributed by atoms with Crippen molar-refractivity contribution in [1.29, 1.82) is 0 Å². The molecule has 9 heteroatoms. The number of ether oxygens (including phenoxy) is 4. The molecule has 0 unspecified atom stereocenters. The molecule has 0 N–H and O–H groups in total. The summed E-state index contributed by atoms with van der Waals surface area (Å²) in [7, 11) is 2.44. The molecule has 1 aliphatic rings. The first-order valence-electron chi connectivity index (χ1n) is 11.8. The monoisotopic (exact) mass is 508 g/mol. The van der Waals surface area contributed by atoms with Gasteiger partial charge in [0.2, 0.25) is 5.54 Å². The smallest absolute Gasteiger partial charge is 0.467 e. The summed E-state index contributed by atoms with van der Waals surface area (Å²) in [5, 5.41) is 8.58. The van der Waals surface area contributed by atoms with E-state index in [1.165, 1.54) is 20.3 Å². The molecular formula is C28H32N2O7. The molecule has 0 saturated heterocycles. The lowest BCUT2D eigenvalue weighted by molar-refractivity contribution is -0.153. The van der Waals surface area contributed by atoms with Crippen LogP contribution in [-0.4, -0.2) is 55.1 Å². The second-order valence-corrected chi connectivity index (χ2v) is 9.75. The summed E-state index contributed by atoms with van der Waals surface area (Å²) in [6, 6.07) is 18.4. The third kappa shape index (κ3) is 6.61. The zero-order chi connectivity index (χ0) is 27.1. The van der Waals surface area contributed by atoms with Gasteiger partial charge < -0.3 is 18.9 Å². The van der Waals surface area contributed by atoms with E-state index in [0.717, 1.165) is 11.1 Å². The van der Waals surface area contributed by atoms with E-state index in [1.807, 2.05) is 60.7 Å². The van der Waals surface area contributed by atoms with Gasteiger partial charge in [0.25, 0.3) is 0 Å². The number of rotatable bonds is 8. The second kappa shape index (κ2) is 11.4. The zero-order valence-corrected chi connectivity index (χ0v) is 21.7. The van der Waals surface area contributed by atoms with E-state index in [2.05, 4.69) is 10.2 Å². The van der Waals surface area contributed by atoms with Crippen molar-refractivity contribution in [1.82, 2.24) is 0 Å². The third-order valence-corrected chi connectivity index (χ3v) is 5.77. The molecule has 0 saturated carbocycles. The van der Waals surface area contributed by atoms with Crippen molar-refractivity contribution < 1.29 is 33.3 Å². The predicted octanol–water partition coefficient (Wildman–Crippen LogP) is 4.94. The van der Waals surface area contributed by atoms with Crippen LogP contribution in [0.25, 0.3) is 6.08 Å². The molecule has 3 atom stereocenters. The number of methoxy groups -OCH3 is 2. The van der Waals surface area contributed by atoms with E-state index >= 15 is 0 Å². The molecule has 37 heavy (non-hydrogen) atoms. The van der Waals surface area contributed by atoms with Crippen molar-refractivity contribution in [3.8, 4) is 0 Å². The summed E-state index contributed by atoms with van der Waals surface area (Å²) in [4.78, 5) is 39.1. The molecule has 3 rings (SSSR count). The van der Waals surface area contributed by atoms with Crippen molar-refractivity contribution in [3.63, 3.8) is 0 Å². The highest BCUT2D eigenvalue weighted by molar-refractivity contribution is 5.88. The molecule has 1 aliphatic heterocycles. The summed E-state index contributed by atoms with van der Waals surface area (Å²) in [5.74, 6) is -1.49. The molecule has 0 radical (unpaired) electrons. The van der Waals surface area contributed by atoms with Gasteiger partial charge in [-0.25, -0.2) is 14.4 Å². The molecule has 2 aromatic carbocycles. The van der Waals surface area contributed by atoms with Crippen LogP contribution < -0.4 is 0 Å². The summed E-state index contributed by atoms with van der Waals surface area (Å²) in [5.41, 5.74) is -2.67. The van der Waals surface area contributed by atoms with E-state index < -0.39 is 40.9 Å². The van der Waals surface area contributed by atoms with Gasteiger partial charge in [0.05, 0.1) is 14.2 Å². The Morgan fingerprint density at radius 2 is 1.51 bits per heavy atom. The Kier molecular flexibility index (Phi) is 8.47. The van der Waals surface area contributed by atoms with E-state index in [0.29, 0.717) is 0 Å². The topological polar surface area (TPSA) is 113 Å². The number of hydrogen-bond donors (Lipinski definition) is 0. The van der Waals surface area contributed by atoms with Gasteiger partial charge in [-0.1, -0.05) is 66.7 Å². The highest BCUT2D eigenvalue weighted by atomic mass is 16.7. The number of nitrogens with zero attached hydrogens (tertiary/aromatic N) is 2. The Bertz CT molecular complexity index is 1160. The average Bonchev–Trinajstić information content (AvgIpc) is 3.27. The Balaban J connectivity index is 2.07. The van der Waals surface area contributed by atoms with Gasteiger partial charge in [-0.3, -0.25) is 0 Å². The van der Waals surface area contributed by atoms with Crippen LogP contribution in [-0.2, 0) is 35.0 Å². The van der Waals surface area contributed by atoms with Crippen molar-refractivity contribution in [2.24, 2.45) is 10.2 Å². The predicted molar refractivity (Wildman–Crippen MR) is 136 cm³/mol. The third-order valence-electron chi connectivity index (χ3n) is 5.77. The molecular weight excluding hydrogens is 476 g/mol. The molecule has 0 fully saturated rings. The minimum absolute atomic E-state index is 0.115. The van der Waals surface area contributed by atoms with Crippen LogP contribution in [0.4, 0.5) is 4.79 Å². The van der Waals surface area contributed by atoms with Gasteiger partial charge >= 0.3 is 18.1 Å². The van der Waals surface area contributed by atoms with Gasteiger partial charge in [0.15, 0.2) is 11.6 Å². The SMILES string of the molecule is COC(=O)[C@@]1(Cc2ccccc2)C[C@](C(=O)OC)([C@H](/C=C/c2ccccc2)OC(=O)OC(C)(C)C)N=N1. The minimum atomic E-state index is -1.86. The first-order chi connectivity index (χ1) is 17.5. The molecule has 0 spiro atoms. The van der Waals surface area contributed by atoms with Crippen molar-refractivity contribution in [2.75, 3.05) is 14.2 Å². The van der Waals surface area contributed by atoms with E-state index in [-0.39, 0.29) is 12.8 Å². The summed E-state index contributed by atoms with van der Waals surface area (Å²) in [6.45, 7) is 5.07. The molecule has 0 aliphatic carbocycles. The standard InChI is InChI=1S/C28H32N2O7/c1-26(2,3)37-25(33)36-22(17-16-20-12-8-6-9-13-20)28(24(32)35-5)19-27(29-30-28,23(31)34-4)18-21-14-10-7-11-15-21/h6-17,22H,18-19H2,1-5H3/b17-16+/t22-,27+,28+/m0/s1. The van der Waals surface area contributed by atoms with Gasteiger partial charge in [-0.2, -0.15) is 10.2 Å². The number of hydrogen-bond acceptors (Lipinski definition) is 9. The average molecular weight is 509 g/mol. The van der Waals surface area contributed by atoms with Gasteiger partial charge in [-0.05, 0) is 38.0 Å². The van der Waals surface area contributed by atoms with Crippen LogP contribution >= 0.6 is 0 Å². The van der Waals surface area contributed by atoms with Crippen molar-refractivity contribution in [2.45, 2.75) is 56.4 Å². The van der Waals surface area contributed by atoms with Crippen molar-refractivity contribution >= 4 is 24.2 Å². The fourth-order valence-electron chi connectivity index (χ4n) is 4.11. The Morgan fingerprint density at radius 3 is 2.08 bits per heavy atom. The Morgan fingerprint density at radius 1 is 0.919 bits per heavy atom. The van der Waals surface area contributed by atoms with Gasteiger partial charge in [0, 0.05) is 12.8 Å². The molecule has 0 amide bonds.